The van der Waals surface area contributed by atoms with Crippen LogP contribution in [0.3, 0.4) is 0 Å². The Morgan fingerprint density at radius 2 is 1.72 bits per heavy atom. The number of benzene rings is 3. The first-order valence-electron chi connectivity index (χ1n) is 14.7. The Hall–Kier alpha value is -4.76. The van der Waals surface area contributed by atoms with Gasteiger partial charge >= 0.3 is 0 Å². The van der Waals surface area contributed by atoms with Crippen LogP contribution in [0, 0.1) is 6.92 Å². The summed E-state index contributed by atoms with van der Waals surface area (Å²) in [4.78, 5) is 45.5. The fraction of sp³-hybridized carbons (Fsp3) is 0.294. The van der Waals surface area contributed by atoms with Crippen LogP contribution in [0.4, 0.5) is 17.2 Å². The van der Waals surface area contributed by atoms with Crippen LogP contribution < -0.4 is 16.2 Å². The summed E-state index contributed by atoms with van der Waals surface area (Å²) >= 11 is 0. The van der Waals surface area contributed by atoms with Gasteiger partial charge in [0, 0.05) is 54.4 Å². The fourth-order valence-electron chi connectivity index (χ4n) is 5.16. The Bertz CT molecular complexity index is 1670. The number of amides is 2. The number of ether oxygens (including phenoxy) is 1. The van der Waals surface area contributed by atoms with Crippen molar-refractivity contribution in [1.29, 1.82) is 0 Å². The molecule has 0 radical (unpaired) electrons. The number of unbranched alkanes of at least 4 members (excludes halogenated alkanes) is 1. The maximum atomic E-state index is 13.3. The zero-order chi connectivity index (χ0) is 30.3. The molecule has 1 fully saturated rings. The van der Waals surface area contributed by atoms with E-state index in [4.69, 9.17) is 4.74 Å². The van der Waals surface area contributed by atoms with Crippen molar-refractivity contribution in [3.63, 3.8) is 0 Å². The first-order valence-corrected chi connectivity index (χ1v) is 14.7. The van der Waals surface area contributed by atoms with E-state index < -0.39 is 0 Å². The highest BCUT2D eigenvalue weighted by molar-refractivity contribution is 6.06. The number of nitrogens with one attached hydrogen (secondary N) is 2. The van der Waals surface area contributed by atoms with Crippen LogP contribution in [-0.2, 0) is 18.2 Å². The molecular weight excluding hydrogens is 542 g/mol. The molecule has 0 spiro atoms. The Labute approximate surface area is 251 Å². The van der Waals surface area contributed by atoms with E-state index in [1.807, 2.05) is 49.4 Å². The maximum absolute atomic E-state index is 13.3. The van der Waals surface area contributed by atoms with E-state index in [1.165, 1.54) is 4.57 Å². The first kappa shape index (κ1) is 29.7. The largest absolute Gasteiger partial charge is 0.378 e. The second-order valence-electron chi connectivity index (χ2n) is 10.7. The molecule has 0 atom stereocenters. The van der Waals surface area contributed by atoms with Crippen molar-refractivity contribution >= 4 is 29.0 Å². The fourth-order valence-corrected chi connectivity index (χ4v) is 5.16. The lowest BCUT2D eigenvalue weighted by Crippen LogP contribution is -2.40. The molecule has 222 valence electrons. The number of nitrogens with zero attached hydrogens (tertiary/aromatic N) is 3. The van der Waals surface area contributed by atoms with Gasteiger partial charge in [0.25, 0.3) is 17.4 Å². The van der Waals surface area contributed by atoms with Crippen molar-refractivity contribution in [2.75, 3.05) is 36.9 Å². The number of hydrogen-bond acceptors (Lipinski definition) is 6. The Balaban J connectivity index is 1.37. The average molecular weight is 580 g/mol. The third kappa shape index (κ3) is 6.84. The lowest BCUT2D eigenvalue weighted by atomic mass is 10.0. The van der Waals surface area contributed by atoms with Crippen LogP contribution in [0.1, 0.15) is 51.6 Å². The minimum atomic E-state index is -0.289. The smallest absolute Gasteiger partial charge is 0.293 e. The van der Waals surface area contributed by atoms with Gasteiger partial charge in [-0.1, -0.05) is 43.7 Å². The summed E-state index contributed by atoms with van der Waals surface area (Å²) < 4.78 is 6.82. The molecule has 3 aromatic carbocycles. The number of aryl methyl sites for hydroxylation is 2. The zero-order valence-corrected chi connectivity index (χ0v) is 24.9. The third-order valence-electron chi connectivity index (χ3n) is 7.68. The molecule has 0 saturated carbocycles. The van der Waals surface area contributed by atoms with Crippen LogP contribution in [0.2, 0.25) is 0 Å². The van der Waals surface area contributed by atoms with Crippen molar-refractivity contribution < 1.29 is 14.3 Å². The summed E-state index contributed by atoms with van der Waals surface area (Å²) in [6.07, 6.45) is 4.61. The molecule has 4 aromatic rings. The van der Waals surface area contributed by atoms with Crippen LogP contribution >= 0.6 is 0 Å². The normalized spacial score (nSPS) is 13.0. The molecule has 1 saturated heterocycles. The summed E-state index contributed by atoms with van der Waals surface area (Å²) in [6, 6.07) is 20.4. The molecule has 9 nitrogen and oxygen atoms in total. The van der Waals surface area contributed by atoms with Crippen LogP contribution in [0.25, 0.3) is 11.3 Å². The number of carbonyl (C=O) groups is 2. The molecule has 43 heavy (non-hydrogen) atoms. The predicted octanol–water partition coefficient (Wildman–Crippen LogP) is 5.57. The quantitative estimate of drug-likeness (QED) is 0.269. The number of carbonyl (C=O) groups excluding carboxylic acids is 2. The topological polar surface area (TPSA) is 106 Å². The van der Waals surface area contributed by atoms with Crippen molar-refractivity contribution in [1.82, 2.24) is 14.5 Å². The maximum Gasteiger partial charge on any atom is 0.293 e. The number of morpholine rings is 1. The number of hydrogen-bond donors (Lipinski definition) is 2. The summed E-state index contributed by atoms with van der Waals surface area (Å²) in [6.45, 7) is 6.29. The molecule has 1 aliphatic heterocycles. The molecule has 9 heteroatoms. The molecule has 0 unspecified atom stereocenters. The second kappa shape index (κ2) is 13.5. The van der Waals surface area contributed by atoms with Crippen LogP contribution in [-0.4, -0.2) is 52.6 Å². The van der Waals surface area contributed by atoms with E-state index in [2.05, 4.69) is 22.5 Å². The summed E-state index contributed by atoms with van der Waals surface area (Å²) in [5.41, 5.74) is 5.52. The van der Waals surface area contributed by atoms with Crippen molar-refractivity contribution in [3.05, 3.63) is 106 Å². The molecule has 0 aliphatic carbocycles. The molecule has 2 amide bonds. The van der Waals surface area contributed by atoms with Gasteiger partial charge in [-0.25, -0.2) is 4.98 Å². The molecule has 1 aromatic heterocycles. The average Bonchev–Trinajstić information content (AvgIpc) is 3.03. The SMILES string of the molecule is CCCCc1ccccc1C(=O)Nc1cccc(-c2cn(C)c(=O)c(Nc3ccc(C(=O)N4CCOCC4)cc3)n2)c1C. The summed E-state index contributed by atoms with van der Waals surface area (Å²) in [5.74, 6) is -0.0398. The van der Waals surface area contributed by atoms with Gasteiger partial charge in [0.05, 0.1) is 18.9 Å². The highest BCUT2D eigenvalue weighted by Crippen LogP contribution is 2.28. The van der Waals surface area contributed by atoms with E-state index in [0.29, 0.717) is 54.5 Å². The predicted molar refractivity (Wildman–Crippen MR) is 169 cm³/mol. The standard InChI is InChI=1S/C34H37N5O4/c1-4-5-9-24-10-6-7-11-28(24)32(40)37-29-13-8-12-27(23(29)2)30-22-38(3)34(42)31(36-30)35-26-16-14-25(15-17-26)33(41)39-18-20-43-21-19-39/h6-8,10-17,22H,4-5,9,18-21H2,1-3H3,(H,35,36)(H,37,40). The summed E-state index contributed by atoms with van der Waals surface area (Å²) in [7, 11) is 1.68. The van der Waals surface area contributed by atoms with E-state index in [9.17, 15) is 14.4 Å². The Morgan fingerprint density at radius 3 is 2.47 bits per heavy atom. The first-order chi connectivity index (χ1) is 20.9. The highest BCUT2D eigenvalue weighted by Gasteiger charge is 2.19. The van der Waals surface area contributed by atoms with Crippen molar-refractivity contribution in [2.45, 2.75) is 33.1 Å². The molecule has 2 heterocycles. The number of anilines is 3. The summed E-state index contributed by atoms with van der Waals surface area (Å²) in [5, 5.41) is 6.20. The molecule has 5 rings (SSSR count). The van der Waals surface area contributed by atoms with Crippen LogP contribution in [0.15, 0.2) is 77.7 Å². The highest BCUT2D eigenvalue weighted by atomic mass is 16.5. The van der Waals surface area contributed by atoms with Gasteiger partial charge in [0.15, 0.2) is 5.82 Å². The van der Waals surface area contributed by atoms with E-state index in [1.54, 1.807) is 42.4 Å². The third-order valence-corrected chi connectivity index (χ3v) is 7.68. The zero-order valence-electron chi connectivity index (χ0n) is 24.9. The van der Waals surface area contributed by atoms with Gasteiger partial charge in [-0.15, -0.1) is 0 Å². The molecule has 2 N–H and O–H groups in total. The lowest BCUT2D eigenvalue weighted by Gasteiger charge is -2.26. The number of rotatable bonds is 9. The minimum absolute atomic E-state index is 0.0437. The van der Waals surface area contributed by atoms with E-state index in [0.717, 1.165) is 36.0 Å². The monoisotopic (exact) mass is 579 g/mol. The Kier molecular flexibility index (Phi) is 9.32. The van der Waals surface area contributed by atoms with Crippen molar-refractivity contribution in [2.24, 2.45) is 7.05 Å². The number of aromatic nitrogens is 2. The molecule has 1 aliphatic rings. The van der Waals surface area contributed by atoms with E-state index in [-0.39, 0.29) is 23.2 Å². The second-order valence-corrected chi connectivity index (χ2v) is 10.7. The van der Waals surface area contributed by atoms with Crippen LogP contribution in [0.5, 0.6) is 0 Å². The van der Waals surface area contributed by atoms with Crippen molar-refractivity contribution in [3.8, 4) is 11.3 Å². The molecular formula is C34H37N5O4. The Morgan fingerprint density at radius 1 is 0.977 bits per heavy atom. The van der Waals surface area contributed by atoms with Gasteiger partial charge in [-0.2, -0.15) is 0 Å². The van der Waals surface area contributed by atoms with Gasteiger partial charge in [0.2, 0.25) is 0 Å². The van der Waals surface area contributed by atoms with E-state index >= 15 is 0 Å². The van der Waals surface area contributed by atoms with Gasteiger partial charge < -0.3 is 24.8 Å². The lowest BCUT2D eigenvalue weighted by molar-refractivity contribution is 0.0303. The minimum Gasteiger partial charge on any atom is -0.378 e. The van der Waals surface area contributed by atoms with Gasteiger partial charge in [0.1, 0.15) is 0 Å². The van der Waals surface area contributed by atoms with Gasteiger partial charge in [-0.05, 0) is 67.3 Å². The van der Waals surface area contributed by atoms with Gasteiger partial charge in [-0.3, -0.25) is 14.4 Å². The molecule has 0 bridgehead atoms.